The van der Waals surface area contributed by atoms with Gasteiger partial charge in [-0.25, -0.2) is 0 Å². The monoisotopic (exact) mass is 423 g/mol. The lowest BCUT2D eigenvalue weighted by Crippen LogP contribution is -2.42. The Morgan fingerprint density at radius 3 is 2.36 bits per heavy atom. The molecule has 0 atom stereocenters. The Morgan fingerprint density at radius 1 is 1.04 bits per heavy atom. The highest BCUT2D eigenvalue weighted by atomic mass is 35.5. The Labute approximate surface area is 172 Å². The second-order valence-corrected chi connectivity index (χ2v) is 7.22. The van der Waals surface area contributed by atoms with E-state index >= 15 is 0 Å². The Hall–Kier alpha value is -1.99. The van der Waals surface area contributed by atoms with Crippen molar-refractivity contribution in [2.24, 2.45) is 0 Å². The van der Waals surface area contributed by atoms with Crippen LogP contribution in [0.2, 0.25) is 10.0 Å². The van der Waals surface area contributed by atoms with E-state index < -0.39 is 5.79 Å². The van der Waals surface area contributed by atoms with Crippen molar-refractivity contribution in [2.75, 3.05) is 38.4 Å². The number of rotatable bonds is 6. The third kappa shape index (κ3) is 3.20. The van der Waals surface area contributed by atoms with Gasteiger partial charge in [-0.15, -0.1) is 0 Å². The van der Waals surface area contributed by atoms with Crippen LogP contribution in [0.3, 0.4) is 0 Å². The summed E-state index contributed by atoms with van der Waals surface area (Å²) < 4.78 is 22.3. The molecule has 148 valence electrons. The average Bonchev–Trinajstić information content (AvgIpc) is 3.29. The number of methoxy groups -OCH3 is 1. The van der Waals surface area contributed by atoms with Gasteiger partial charge in [0.25, 0.3) is 11.7 Å². The van der Waals surface area contributed by atoms with E-state index in [9.17, 15) is 4.79 Å². The van der Waals surface area contributed by atoms with Crippen molar-refractivity contribution in [1.82, 2.24) is 0 Å². The summed E-state index contributed by atoms with van der Waals surface area (Å²) in [5, 5.41) is 0.825. The summed E-state index contributed by atoms with van der Waals surface area (Å²) in [4.78, 5) is 14.7. The van der Waals surface area contributed by atoms with E-state index in [2.05, 4.69) is 0 Å². The molecule has 2 aliphatic rings. The van der Waals surface area contributed by atoms with Crippen LogP contribution in [-0.4, -0.2) is 39.4 Å². The first-order valence-electron chi connectivity index (χ1n) is 8.92. The third-order valence-corrected chi connectivity index (χ3v) is 5.37. The molecule has 0 N–H and O–H groups in total. The number of benzene rings is 2. The number of halogens is 2. The largest absolute Gasteiger partial charge is 0.497 e. The summed E-state index contributed by atoms with van der Waals surface area (Å²) in [6, 6.07) is 10.7. The Bertz CT molecular complexity index is 881. The number of nitrogens with zero attached hydrogens (tertiary/aromatic N) is 1. The van der Waals surface area contributed by atoms with Crippen LogP contribution >= 0.6 is 23.2 Å². The number of amides is 1. The quantitative estimate of drug-likeness (QED) is 0.656. The molecule has 0 bridgehead atoms. The maximum Gasteiger partial charge on any atom is 0.292 e. The minimum Gasteiger partial charge on any atom is -0.497 e. The van der Waals surface area contributed by atoms with Gasteiger partial charge in [-0.1, -0.05) is 23.2 Å². The molecule has 2 aromatic rings. The lowest BCUT2D eigenvalue weighted by Gasteiger charge is -2.22. The van der Waals surface area contributed by atoms with Crippen molar-refractivity contribution in [3.05, 3.63) is 52.0 Å². The molecule has 0 aliphatic carbocycles. The van der Waals surface area contributed by atoms with Crippen LogP contribution in [0.25, 0.3) is 0 Å². The average molecular weight is 424 g/mol. The Balaban J connectivity index is 1.48. The number of carbonyl (C=O) groups excluding carboxylic acids is 1. The van der Waals surface area contributed by atoms with Gasteiger partial charge < -0.3 is 23.8 Å². The number of anilines is 1. The highest BCUT2D eigenvalue weighted by molar-refractivity contribution is 6.38. The fourth-order valence-electron chi connectivity index (χ4n) is 3.48. The molecule has 8 heteroatoms. The first-order valence-corrected chi connectivity index (χ1v) is 9.67. The lowest BCUT2D eigenvalue weighted by molar-refractivity contribution is -0.180. The van der Waals surface area contributed by atoms with Crippen molar-refractivity contribution in [3.63, 3.8) is 0 Å². The molecule has 28 heavy (non-hydrogen) atoms. The highest BCUT2D eigenvalue weighted by Gasteiger charge is 2.57. The van der Waals surface area contributed by atoms with E-state index in [4.69, 9.17) is 42.1 Å². The van der Waals surface area contributed by atoms with Crippen LogP contribution in [-0.2, 0) is 20.1 Å². The summed E-state index contributed by atoms with van der Waals surface area (Å²) in [5.41, 5.74) is 1.03. The van der Waals surface area contributed by atoms with Crippen LogP contribution < -0.4 is 14.4 Å². The van der Waals surface area contributed by atoms with Gasteiger partial charge in [0.15, 0.2) is 0 Å². The number of fused-ring (bicyclic) bond motifs is 2. The number of hydrogen-bond donors (Lipinski definition) is 0. The second-order valence-electron chi connectivity index (χ2n) is 6.40. The molecule has 0 radical (unpaired) electrons. The minimum atomic E-state index is -1.49. The fraction of sp³-hybridized carbons (Fsp3) is 0.350. The van der Waals surface area contributed by atoms with E-state index in [0.717, 1.165) is 11.5 Å². The zero-order chi connectivity index (χ0) is 19.7. The molecule has 0 unspecified atom stereocenters. The van der Waals surface area contributed by atoms with E-state index in [-0.39, 0.29) is 5.91 Å². The number of carbonyl (C=O) groups is 1. The van der Waals surface area contributed by atoms with Gasteiger partial charge in [-0.2, -0.15) is 0 Å². The zero-order valence-corrected chi connectivity index (χ0v) is 16.8. The summed E-state index contributed by atoms with van der Waals surface area (Å²) >= 11 is 12.8. The van der Waals surface area contributed by atoms with Crippen molar-refractivity contribution >= 4 is 34.8 Å². The molecular weight excluding hydrogens is 405 g/mol. The molecule has 1 spiro atoms. The molecule has 2 heterocycles. The van der Waals surface area contributed by atoms with Crippen LogP contribution in [0.4, 0.5) is 5.69 Å². The summed E-state index contributed by atoms with van der Waals surface area (Å²) in [7, 11) is 1.61. The van der Waals surface area contributed by atoms with Crippen molar-refractivity contribution in [2.45, 2.75) is 12.2 Å². The molecule has 4 rings (SSSR count). The summed E-state index contributed by atoms with van der Waals surface area (Å²) in [6.45, 7) is 1.47. The molecular formula is C20H19Cl2NO5. The van der Waals surface area contributed by atoms with Crippen LogP contribution in [0.15, 0.2) is 36.4 Å². The molecule has 0 aromatic heterocycles. The van der Waals surface area contributed by atoms with E-state index in [0.29, 0.717) is 54.1 Å². The molecule has 1 saturated heterocycles. The predicted octanol–water partition coefficient (Wildman–Crippen LogP) is 4.02. The molecule has 2 aromatic carbocycles. The normalized spacial score (nSPS) is 17.2. The second kappa shape index (κ2) is 7.79. The first-order chi connectivity index (χ1) is 13.6. The molecule has 0 saturated carbocycles. The van der Waals surface area contributed by atoms with Gasteiger partial charge in [-0.05, 0) is 42.8 Å². The standard InChI is InChI=1S/C20H19Cl2NO5/c1-25-13-3-5-14(6-4-13)26-10-2-9-23-18-16(22)8-7-15(21)17(18)20(19(23)24)27-11-12-28-20/h3-8H,2,9-12H2,1H3. The molecule has 1 amide bonds. The van der Waals surface area contributed by atoms with Crippen LogP contribution in [0.1, 0.15) is 12.0 Å². The highest BCUT2D eigenvalue weighted by Crippen LogP contribution is 2.51. The lowest BCUT2D eigenvalue weighted by atomic mass is 10.1. The van der Waals surface area contributed by atoms with Gasteiger partial charge in [0.1, 0.15) is 11.5 Å². The van der Waals surface area contributed by atoms with Gasteiger partial charge in [-0.3, -0.25) is 4.79 Å². The van der Waals surface area contributed by atoms with Crippen molar-refractivity contribution in [1.29, 1.82) is 0 Å². The van der Waals surface area contributed by atoms with Gasteiger partial charge in [0, 0.05) is 6.54 Å². The topological polar surface area (TPSA) is 57.2 Å². The first kappa shape index (κ1) is 19.3. The zero-order valence-electron chi connectivity index (χ0n) is 15.2. The van der Waals surface area contributed by atoms with E-state index in [1.54, 1.807) is 24.1 Å². The molecule has 1 fully saturated rings. The predicted molar refractivity (Wildman–Crippen MR) is 106 cm³/mol. The van der Waals surface area contributed by atoms with Gasteiger partial charge in [0.2, 0.25) is 0 Å². The fourth-order valence-corrected chi connectivity index (χ4v) is 4.02. The maximum absolute atomic E-state index is 13.1. The summed E-state index contributed by atoms with van der Waals surface area (Å²) in [5.74, 6) is -0.304. The van der Waals surface area contributed by atoms with E-state index in [1.807, 2.05) is 24.3 Å². The van der Waals surface area contributed by atoms with Crippen molar-refractivity contribution in [3.8, 4) is 11.5 Å². The maximum atomic E-state index is 13.1. The SMILES string of the molecule is COc1ccc(OCCCN2C(=O)C3(OCCO3)c3c(Cl)ccc(Cl)c32)cc1. The van der Waals surface area contributed by atoms with Crippen LogP contribution in [0, 0.1) is 0 Å². The Morgan fingerprint density at radius 2 is 1.68 bits per heavy atom. The van der Waals surface area contributed by atoms with Crippen LogP contribution in [0.5, 0.6) is 11.5 Å². The molecule has 2 aliphatic heterocycles. The summed E-state index contributed by atoms with van der Waals surface area (Å²) in [6.07, 6.45) is 0.593. The third-order valence-electron chi connectivity index (χ3n) is 4.75. The van der Waals surface area contributed by atoms with E-state index in [1.165, 1.54) is 0 Å². The minimum absolute atomic E-state index is 0.306. The number of hydrogen-bond acceptors (Lipinski definition) is 5. The smallest absolute Gasteiger partial charge is 0.292 e. The van der Waals surface area contributed by atoms with Gasteiger partial charge in [0.05, 0.1) is 48.2 Å². The number of ether oxygens (including phenoxy) is 4. The van der Waals surface area contributed by atoms with Gasteiger partial charge >= 0.3 is 0 Å². The molecule has 6 nitrogen and oxygen atoms in total. The Kier molecular flexibility index (Phi) is 5.38. The van der Waals surface area contributed by atoms with Crippen molar-refractivity contribution < 1.29 is 23.7 Å².